The summed E-state index contributed by atoms with van der Waals surface area (Å²) in [7, 11) is 0. The third-order valence-electron chi connectivity index (χ3n) is 6.09. The second kappa shape index (κ2) is 15.3. The molecule has 0 aromatic heterocycles. The molecule has 9 nitrogen and oxygen atoms in total. The Morgan fingerprint density at radius 2 is 1.46 bits per heavy atom. The molecule has 0 bridgehead atoms. The number of aromatic hydroxyl groups is 1. The van der Waals surface area contributed by atoms with Crippen molar-refractivity contribution < 1.29 is 34.1 Å². The zero-order chi connectivity index (χ0) is 28.0. The fourth-order valence-electron chi connectivity index (χ4n) is 4.00. The number of carbonyl (C=O) groups is 1. The number of phenolic OH excluding ortho intramolecular Hbond substituents is 1. The van der Waals surface area contributed by atoms with E-state index in [1.807, 2.05) is 24.3 Å². The lowest BCUT2D eigenvalue weighted by Crippen LogP contribution is -2.20. The first-order valence-corrected chi connectivity index (χ1v) is 13.1. The van der Waals surface area contributed by atoms with Gasteiger partial charge in [0.2, 0.25) is 0 Å². The third kappa shape index (κ3) is 9.94. The van der Waals surface area contributed by atoms with Crippen LogP contribution in [-0.4, -0.2) is 47.0 Å². The second-order valence-corrected chi connectivity index (χ2v) is 9.29. The first-order chi connectivity index (χ1) is 18.8. The van der Waals surface area contributed by atoms with Gasteiger partial charge >= 0.3 is 11.7 Å². The molecular weight excluding hydrogens is 502 g/mol. The van der Waals surface area contributed by atoms with Gasteiger partial charge in [0.25, 0.3) is 0 Å². The van der Waals surface area contributed by atoms with E-state index in [1.54, 1.807) is 31.2 Å². The molecule has 0 spiro atoms. The molecule has 2 N–H and O–H groups in total. The van der Waals surface area contributed by atoms with Crippen LogP contribution in [0.25, 0.3) is 11.1 Å². The number of phenols is 1. The number of aromatic carboxylic acids is 1. The van der Waals surface area contributed by atoms with E-state index in [9.17, 15) is 20.0 Å². The van der Waals surface area contributed by atoms with Crippen LogP contribution in [0.5, 0.6) is 17.2 Å². The van der Waals surface area contributed by atoms with Gasteiger partial charge in [-0.3, -0.25) is 10.1 Å². The lowest BCUT2D eigenvalue weighted by atomic mass is 10.0. The van der Waals surface area contributed by atoms with Crippen molar-refractivity contribution in [1.82, 2.24) is 0 Å². The summed E-state index contributed by atoms with van der Waals surface area (Å²) in [4.78, 5) is 21.5. The molecule has 0 aliphatic heterocycles. The van der Waals surface area contributed by atoms with E-state index in [2.05, 4.69) is 0 Å². The Labute approximate surface area is 228 Å². The van der Waals surface area contributed by atoms with Gasteiger partial charge in [-0.15, -0.1) is 0 Å². The number of rotatable bonds is 17. The minimum absolute atomic E-state index is 0.111. The highest BCUT2D eigenvalue weighted by atomic mass is 16.6. The molecule has 0 saturated carbocycles. The Balaban J connectivity index is 1.20. The van der Waals surface area contributed by atoms with Crippen molar-refractivity contribution >= 4 is 11.7 Å². The normalized spacial score (nSPS) is 11.6. The van der Waals surface area contributed by atoms with Crippen LogP contribution in [0.15, 0.2) is 66.7 Å². The van der Waals surface area contributed by atoms with E-state index >= 15 is 0 Å². The zero-order valence-corrected chi connectivity index (χ0v) is 22.1. The van der Waals surface area contributed by atoms with E-state index in [0.717, 1.165) is 61.5 Å². The number of carboxylic acid groups (broad SMARTS) is 1. The summed E-state index contributed by atoms with van der Waals surface area (Å²) < 4.78 is 17.1. The van der Waals surface area contributed by atoms with E-state index in [1.165, 1.54) is 12.1 Å². The summed E-state index contributed by atoms with van der Waals surface area (Å²) >= 11 is 0. The Bertz CT molecular complexity index is 1190. The molecular formula is C30H35NO8. The second-order valence-electron chi connectivity index (χ2n) is 9.29. The standard InChI is InChI=1S/C30H35NO8/c1-22(39-29-17-14-26(32)20-28(29)31(35)36)21-37-18-6-4-2-3-5-7-19-38-27-15-12-24(13-16-27)23-8-10-25(11-9-23)30(33)34/h8-17,20,22,32H,2-7,18-19,21H2,1H3,(H,33,34)/t22-/m1/s1. The predicted molar refractivity (Wildman–Crippen MR) is 148 cm³/mol. The highest BCUT2D eigenvalue weighted by Gasteiger charge is 2.18. The van der Waals surface area contributed by atoms with Crippen LogP contribution in [0.4, 0.5) is 5.69 Å². The number of hydrogen-bond acceptors (Lipinski definition) is 7. The van der Waals surface area contributed by atoms with E-state index < -0.39 is 10.9 Å². The first-order valence-electron chi connectivity index (χ1n) is 13.1. The number of carboxylic acids is 1. The summed E-state index contributed by atoms with van der Waals surface area (Å²) in [5.74, 6) is -0.187. The molecule has 0 unspecified atom stereocenters. The molecule has 0 aliphatic carbocycles. The minimum atomic E-state index is -0.934. The molecule has 0 aliphatic rings. The smallest absolute Gasteiger partial charge is 0.335 e. The molecule has 0 heterocycles. The van der Waals surface area contributed by atoms with Crippen LogP contribution in [0, 0.1) is 10.1 Å². The Morgan fingerprint density at radius 3 is 2.08 bits per heavy atom. The van der Waals surface area contributed by atoms with Crippen LogP contribution in [0.1, 0.15) is 55.8 Å². The molecule has 3 aromatic carbocycles. The number of hydrogen-bond donors (Lipinski definition) is 2. The summed E-state index contributed by atoms with van der Waals surface area (Å²) in [6, 6.07) is 18.4. The maximum atomic E-state index is 11.1. The SMILES string of the molecule is C[C@H](COCCCCCCCCOc1ccc(-c2ccc(C(=O)O)cc2)cc1)Oc1ccc(O)cc1[N+](=O)[O-]. The third-order valence-corrected chi connectivity index (χ3v) is 6.09. The van der Waals surface area contributed by atoms with Crippen molar-refractivity contribution in [2.75, 3.05) is 19.8 Å². The largest absolute Gasteiger partial charge is 0.508 e. The van der Waals surface area contributed by atoms with Gasteiger partial charge in [-0.2, -0.15) is 0 Å². The average Bonchev–Trinajstić information content (AvgIpc) is 2.93. The van der Waals surface area contributed by atoms with Gasteiger partial charge in [0, 0.05) is 6.61 Å². The van der Waals surface area contributed by atoms with E-state index in [0.29, 0.717) is 19.8 Å². The Morgan fingerprint density at radius 1 is 0.872 bits per heavy atom. The molecule has 9 heteroatoms. The van der Waals surface area contributed by atoms with Gasteiger partial charge in [0.1, 0.15) is 17.6 Å². The van der Waals surface area contributed by atoms with Gasteiger partial charge in [-0.25, -0.2) is 4.79 Å². The van der Waals surface area contributed by atoms with Crippen LogP contribution >= 0.6 is 0 Å². The van der Waals surface area contributed by atoms with Crippen molar-refractivity contribution in [2.24, 2.45) is 0 Å². The minimum Gasteiger partial charge on any atom is -0.508 e. The van der Waals surface area contributed by atoms with Crippen LogP contribution in [0.3, 0.4) is 0 Å². The summed E-state index contributed by atoms with van der Waals surface area (Å²) in [5.41, 5.74) is 1.96. The maximum Gasteiger partial charge on any atom is 0.335 e. The molecule has 0 saturated heterocycles. The zero-order valence-electron chi connectivity index (χ0n) is 22.1. The Hall–Kier alpha value is -4.11. The lowest BCUT2D eigenvalue weighted by Gasteiger charge is -2.15. The number of nitrogens with zero attached hydrogens (tertiary/aromatic N) is 1. The molecule has 0 fully saturated rings. The molecule has 3 aromatic rings. The number of nitro benzene ring substituents is 1. The van der Waals surface area contributed by atoms with Crippen molar-refractivity contribution in [3.63, 3.8) is 0 Å². The highest BCUT2D eigenvalue weighted by molar-refractivity contribution is 5.88. The highest BCUT2D eigenvalue weighted by Crippen LogP contribution is 2.31. The predicted octanol–water partition coefficient (Wildman–Crippen LogP) is 6.87. The topological polar surface area (TPSA) is 128 Å². The van der Waals surface area contributed by atoms with Gasteiger partial charge in [0.15, 0.2) is 5.75 Å². The van der Waals surface area contributed by atoms with Crippen LogP contribution in [0.2, 0.25) is 0 Å². The summed E-state index contributed by atoms with van der Waals surface area (Å²) in [6.45, 7) is 3.38. The lowest BCUT2D eigenvalue weighted by molar-refractivity contribution is -0.386. The number of nitro groups is 1. The van der Waals surface area contributed by atoms with E-state index in [-0.39, 0.29) is 28.9 Å². The van der Waals surface area contributed by atoms with Crippen molar-refractivity contribution in [2.45, 2.75) is 51.6 Å². The molecule has 0 radical (unpaired) electrons. The first kappa shape index (κ1) is 29.4. The fourth-order valence-corrected chi connectivity index (χ4v) is 4.00. The van der Waals surface area contributed by atoms with Crippen LogP contribution in [-0.2, 0) is 4.74 Å². The van der Waals surface area contributed by atoms with Gasteiger partial charge in [0.05, 0.1) is 29.8 Å². The van der Waals surface area contributed by atoms with Crippen LogP contribution < -0.4 is 9.47 Å². The van der Waals surface area contributed by atoms with Crippen molar-refractivity contribution in [3.8, 4) is 28.4 Å². The molecule has 39 heavy (non-hydrogen) atoms. The van der Waals surface area contributed by atoms with Gasteiger partial charge in [-0.05, 0) is 67.3 Å². The Kier molecular flexibility index (Phi) is 11.6. The molecule has 1 atom stereocenters. The average molecular weight is 538 g/mol. The monoisotopic (exact) mass is 537 g/mol. The molecule has 0 amide bonds. The summed E-state index contributed by atoms with van der Waals surface area (Å²) in [6.07, 6.45) is 5.96. The maximum absolute atomic E-state index is 11.1. The van der Waals surface area contributed by atoms with E-state index in [4.69, 9.17) is 19.3 Å². The summed E-state index contributed by atoms with van der Waals surface area (Å²) in [5, 5.41) is 29.5. The number of ether oxygens (including phenoxy) is 3. The fraction of sp³-hybridized carbons (Fsp3) is 0.367. The number of benzene rings is 3. The molecule has 208 valence electrons. The van der Waals surface area contributed by atoms with Crippen molar-refractivity contribution in [1.29, 1.82) is 0 Å². The quantitative estimate of drug-likeness (QED) is 0.108. The van der Waals surface area contributed by atoms with Crippen molar-refractivity contribution in [3.05, 3.63) is 82.4 Å². The number of unbranched alkanes of at least 4 members (excludes halogenated alkanes) is 5. The molecule has 3 rings (SSSR count). The van der Waals surface area contributed by atoms with Gasteiger partial charge in [-0.1, -0.05) is 49.9 Å². The van der Waals surface area contributed by atoms with Gasteiger partial charge < -0.3 is 24.4 Å².